The van der Waals surface area contributed by atoms with E-state index < -0.39 is 0 Å². The fourth-order valence-electron chi connectivity index (χ4n) is 5.80. The maximum Gasteiger partial charge on any atom is 0.321 e. The van der Waals surface area contributed by atoms with Crippen LogP contribution in [0.2, 0.25) is 0 Å². The molecule has 0 saturated carbocycles. The van der Waals surface area contributed by atoms with Crippen molar-refractivity contribution >= 4 is 11.7 Å². The molecule has 4 nitrogen and oxygen atoms in total. The molecule has 2 aliphatic rings. The van der Waals surface area contributed by atoms with Crippen LogP contribution in [0, 0.1) is 11.8 Å². The third-order valence-electron chi connectivity index (χ3n) is 8.00. The molecule has 0 aromatic heterocycles. The number of anilines is 1. The molecule has 36 heavy (non-hydrogen) atoms. The van der Waals surface area contributed by atoms with Crippen LogP contribution in [-0.2, 0) is 19.4 Å². The van der Waals surface area contributed by atoms with Crippen molar-refractivity contribution in [2.45, 2.75) is 45.1 Å². The lowest BCUT2D eigenvalue weighted by Crippen LogP contribution is -2.41. The number of hydrogen-bond acceptors (Lipinski definition) is 2. The SMILES string of the molecule is O=C(Nc1ccccc1CN1CCC(Cc2ccccc2)CC1)N1CCC(Cc2ccccc2)CC1. The van der Waals surface area contributed by atoms with Crippen LogP contribution in [0.25, 0.3) is 0 Å². The van der Waals surface area contributed by atoms with E-state index in [1.165, 1.54) is 36.0 Å². The van der Waals surface area contributed by atoms with Gasteiger partial charge in [0, 0.05) is 25.3 Å². The van der Waals surface area contributed by atoms with E-state index >= 15 is 0 Å². The molecule has 0 aliphatic carbocycles. The highest BCUT2D eigenvalue weighted by molar-refractivity contribution is 5.90. The predicted octanol–water partition coefficient (Wildman–Crippen LogP) is 6.63. The average molecular weight is 482 g/mol. The fourth-order valence-corrected chi connectivity index (χ4v) is 5.80. The summed E-state index contributed by atoms with van der Waals surface area (Å²) in [5.74, 6) is 1.43. The van der Waals surface area contributed by atoms with Gasteiger partial charge in [0.05, 0.1) is 0 Å². The Morgan fingerprint density at radius 3 is 1.75 bits per heavy atom. The molecule has 2 saturated heterocycles. The quantitative estimate of drug-likeness (QED) is 0.411. The summed E-state index contributed by atoms with van der Waals surface area (Å²) in [5.41, 5.74) is 5.03. The van der Waals surface area contributed by atoms with Crippen molar-refractivity contribution in [3.05, 3.63) is 102 Å². The summed E-state index contributed by atoms with van der Waals surface area (Å²) in [6, 6.07) is 30.0. The van der Waals surface area contributed by atoms with E-state index in [1.807, 2.05) is 11.0 Å². The lowest BCUT2D eigenvalue weighted by atomic mass is 9.90. The number of carbonyl (C=O) groups excluding carboxylic acids is 1. The zero-order valence-corrected chi connectivity index (χ0v) is 21.3. The summed E-state index contributed by atoms with van der Waals surface area (Å²) in [5, 5.41) is 3.24. The topological polar surface area (TPSA) is 35.6 Å². The Morgan fingerprint density at radius 1 is 0.667 bits per heavy atom. The van der Waals surface area contributed by atoms with Gasteiger partial charge in [-0.3, -0.25) is 4.90 Å². The van der Waals surface area contributed by atoms with E-state index in [9.17, 15) is 4.79 Å². The highest BCUT2D eigenvalue weighted by Crippen LogP contribution is 2.26. The van der Waals surface area contributed by atoms with Crippen molar-refractivity contribution < 1.29 is 4.79 Å². The second kappa shape index (κ2) is 12.2. The van der Waals surface area contributed by atoms with Crippen molar-refractivity contribution in [1.82, 2.24) is 9.80 Å². The van der Waals surface area contributed by atoms with Gasteiger partial charge in [0.2, 0.25) is 0 Å². The van der Waals surface area contributed by atoms with E-state index in [1.54, 1.807) is 0 Å². The number of piperidine rings is 2. The fraction of sp³-hybridized carbons (Fsp3) is 0.406. The first-order valence-corrected chi connectivity index (χ1v) is 13.7. The van der Waals surface area contributed by atoms with Crippen LogP contribution in [0.5, 0.6) is 0 Å². The third kappa shape index (κ3) is 6.76. The molecule has 2 heterocycles. The Labute approximate surface area is 216 Å². The number of carbonyl (C=O) groups is 1. The number of benzene rings is 3. The normalized spacial score (nSPS) is 17.7. The second-order valence-electron chi connectivity index (χ2n) is 10.6. The van der Waals surface area contributed by atoms with Crippen LogP contribution >= 0.6 is 0 Å². The maximum absolute atomic E-state index is 13.1. The second-order valence-corrected chi connectivity index (χ2v) is 10.6. The molecular formula is C32H39N3O. The third-order valence-corrected chi connectivity index (χ3v) is 8.00. The van der Waals surface area contributed by atoms with Crippen molar-refractivity contribution in [3.8, 4) is 0 Å². The first kappa shape index (κ1) is 24.6. The zero-order valence-electron chi connectivity index (χ0n) is 21.3. The van der Waals surface area contributed by atoms with Gasteiger partial charge in [-0.15, -0.1) is 0 Å². The van der Waals surface area contributed by atoms with Gasteiger partial charge in [-0.1, -0.05) is 78.9 Å². The lowest BCUT2D eigenvalue weighted by Gasteiger charge is -2.33. The summed E-state index contributed by atoms with van der Waals surface area (Å²) in [6.07, 6.45) is 6.91. The summed E-state index contributed by atoms with van der Waals surface area (Å²) in [6.45, 7) is 4.80. The Balaban J connectivity index is 1.09. The van der Waals surface area contributed by atoms with Gasteiger partial charge < -0.3 is 10.2 Å². The molecule has 0 bridgehead atoms. The molecule has 5 rings (SSSR count). The van der Waals surface area contributed by atoms with Gasteiger partial charge in [-0.05, 0) is 86.2 Å². The van der Waals surface area contributed by atoms with Gasteiger partial charge in [0.25, 0.3) is 0 Å². The van der Waals surface area contributed by atoms with E-state index in [0.717, 1.165) is 63.6 Å². The first-order valence-electron chi connectivity index (χ1n) is 13.7. The molecule has 1 N–H and O–H groups in total. The molecule has 0 radical (unpaired) electrons. The molecule has 2 fully saturated rings. The molecular weight excluding hydrogens is 442 g/mol. The number of nitrogens with one attached hydrogen (secondary N) is 1. The van der Waals surface area contributed by atoms with Gasteiger partial charge in [-0.25, -0.2) is 4.79 Å². The van der Waals surface area contributed by atoms with Gasteiger partial charge in [0.1, 0.15) is 0 Å². The number of hydrogen-bond donors (Lipinski definition) is 1. The molecule has 0 spiro atoms. The highest BCUT2D eigenvalue weighted by Gasteiger charge is 2.24. The Bertz CT molecular complexity index is 1080. The van der Waals surface area contributed by atoms with Gasteiger partial charge >= 0.3 is 6.03 Å². The minimum atomic E-state index is 0.0437. The molecule has 0 unspecified atom stereocenters. The smallest absolute Gasteiger partial charge is 0.321 e. The number of nitrogens with zero attached hydrogens (tertiary/aromatic N) is 2. The minimum absolute atomic E-state index is 0.0437. The summed E-state index contributed by atoms with van der Waals surface area (Å²) in [4.78, 5) is 17.6. The molecule has 3 aromatic rings. The molecule has 2 amide bonds. The molecule has 188 valence electrons. The van der Waals surface area contributed by atoms with Gasteiger partial charge in [0.15, 0.2) is 0 Å². The zero-order chi connectivity index (χ0) is 24.6. The lowest BCUT2D eigenvalue weighted by molar-refractivity contribution is 0.176. The summed E-state index contributed by atoms with van der Waals surface area (Å²) in [7, 11) is 0. The Morgan fingerprint density at radius 2 is 1.17 bits per heavy atom. The van der Waals surface area contributed by atoms with Crippen LogP contribution in [0.15, 0.2) is 84.9 Å². The van der Waals surface area contributed by atoms with E-state index in [4.69, 9.17) is 0 Å². The number of rotatable bonds is 7. The van der Waals surface area contributed by atoms with Crippen molar-refractivity contribution in [3.63, 3.8) is 0 Å². The van der Waals surface area contributed by atoms with Gasteiger partial charge in [-0.2, -0.15) is 0 Å². The molecule has 2 aliphatic heterocycles. The van der Waals surface area contributed by atoms with Crippen LogP contribution < -0.4 is 5.32 Å². The minimum Gasteiger partial charge on any atom is -0.325 e. The van der Waals surface area contributed by atoms with Crippen LogP contribution in [-0.4, -0.2) is 42.0 Å². The molecule has 4 heteroatoms. The number of urea groups is 1. The largest absolute Gasteiger partial charge is 0.325 e. The number of likely N-dealkylation sites (tertiary alicyclic amines) is 2. The number of para-hydroxylation sites is 1. The summed E-state index contributed by atoms with van der Waals surface area (Å²) < 4.78 is 0. The maximum atomic E-state index is 13.1. The van der Waals surface area contributed by atoms with E-state index in [-0.39, 0.29) is 6.03 Å². The Hall–Kier alpha value is -3.11. The Kier molecular flexibility index (Phi) is 8.35. The van der Waals surface area contributed by atoms with Crippen molar-refractivity contribution in [1.29, 1.82) is 0 Å². The van der Waals surface area contributed by atoms with Crippen molar-refractivity contribution in [2.24, 2.45) is 11.8 Å². The summed E-state index contributed by atoms with van der Waals surface area (Å²) >= 11 is 0. The first-order chi connectivity index (χ1) is 17.7. The van der Waals surface area contributed by atoms with E-state index in [0.29, 0.717) is 5.92 Å². The van der Waals surface area contributed by atoms with Crippen LogP contribution in [0.1, 0.15) is 42.4 Å². The average Bonchev–Trinajstić information content (AvgIpc) is 2.92. The van der Waals surface area contributed by atoms with Crippen LogP contribution in [0.3, 0.4) is 0 Å². The van der Waals surface area contributed by atoms with E-state index in [2.05, 4.69) is 89.1 Å². The highest BCUT2D eigenvalue weighted by atomic mass is 16.2. The van der Waals surface area contributed by atoms with Crippen molar-refractivity contribution in [2.75, 3.05) is 31.5 Å². The number of amides is 2. The monoisotopic (exact) mass is 481 g/mol. The predicted molar refractivity (Wildman–Crippen MR) is 148 cm³/mol. The van der Waals surface area contributed by atoms with Crippen LogP contribution in [0.4, 0.5) is 10.5 Å². The molecule has 3 aromatic carbocycles. The standard InChI is InChI=1S/C32H39N3O/c36-32(35-21-17-29(18-22-35)24-27-11-5-2-6-12-27)33-31-14-8-7-13-30(31)25-34-19-15-28(16-20-34)23-26-9-3-1-4-10-26/h1-14,28-29H,15-25H2,(H,33,36). The molecule has 0 atom stereocenters.